The molecule has 1 aromatic carbocycles. The highest BCUT2D eigenvalue weighted by molar-refractivity contribution is 7.98. The number of nitrogens with zero attached hydrogens (tertiary/aromatic N) is 4. The number of hydrogen-bond acceptors (Lipinski definition) is 8. The highest BCUT2D eigenvalue weighted by Crippen LogP contribution is 2.44. The molecule has 0 spiro atoms. The molecule has 0 bridgehead atoms. The maximum absolute atomic E-state index is 9.43. The largest absolute Gasteiger partial charge is 0.463 e. The third-order valence-corrected chi connectivity index (χ3v) is 8.25. The predicted octanol–water partition coefficient (Wildman–Crippen LogP) is 6.35. The summed E-state index contributed by atoms with van der Waals surface area (Å²) in [6.07, 6.45) is 4.92. The van der Waals surface area contributed by atoms with Gasteiger partial charge in [-0.05, 0) is 37.1 Å². The average molecular weight is 533 g/mol. The molecule has 37 heavy (non-hydrogen) atoms. The molecular formula is C28H28N4O3S2. The van der Waals surface area contributed by atoms with Crippen LogP contribution in [-0.2, 0) is 28.3 Å². The van der Waals surface area contributed by atoms with Crippen molar-refractivity contribution in [2.45, 2.75) is 43.3 Å². The average Bonchev–Trinajstić information content (AvgIpc) is 3.56. The number of carbonyl (C=O) groups excluding carboxylic acids is 1. The van der Waals surface area contributed by atoms with Crippen LogP contribution >= 0.6 is 23.1 Å². The molecule has 0 radical (unpaired) electrons. The lowest BCUT2D eigenvalue weighted by molar-refractivity contribution is -0.115. The maximum atomic E-state index is 9.43. The highest BCUT2D eigenvalue weighted by atomic mass is 32.2. The van der Waals surface area contributed by atoms with E-state index in [1.54, 1.807) is 49.8 Å². The standard InChI is InChI=1S/C25H21N3O2S2.C3H7NO/c1-25(2)11-16-17(12-30-25)20(18-9-6-10-29-18)28-23-19(16)21-22(32-23)24(27-14-26-21)31-13-15-7-4-3-5-8-15;1-4(2)3-5/h3-10,14H,11-13H2,1-2H3;3H,1-2H3. The summed E-state index contributed by atoms with van der Waals surface area (Å²) < 4.78 is 13.0. The fraction of sp³-hybridized carbons (Fsp3) is 0.286. The smallest absolute Gasteiger partial charge is 0.209 e. The maximum Gasteiger partial charge on any atom is 0.209 e. The third kappa shape index (κ3) is 5.39. The van der Waals surface area contributed by atoms with Gasteiger partial charge in [0.1, 0.15) is 21.9 Å². The first-order valence-electron chi connectivity index (χ1n) is 11.9. The Morgan fingerprint density at radius 1 is 1.11 bits per heavy atom. The number of aromatic nitrogens is 3. The molecule has 1 amide bonds. The van der Waals surface area contributed by atoms with Crippen molar-refractivity contribution in [3.8, 4) is 11.5 Å². The zero-order valence-electron chi connectivity index (χ0n) is 21.2. The fourth-order valence-electron chi connectivity index (χ4n) is 4.23. The molecule has 0 aliphatic carbocycles. The van der Waals surface area contributed by atoms with Crippen LogP contribution in [0.15, 0.2) is 64.5 Å². The molecule has 7 nitrogen and oxygen atoms in total. The van der Waals surface area contributed by atoms with Crippen LogP contribution < -0.4 is 0 Å². The first-order valence-corrected chi connectivity index (χ1v) is 13.7. The van der Waals surface area contributed by atoms with E-state index in [4.69, 9.17) is 19.1 Å². The summed E-state index contributed by atoms with van der Waals surface area (Å²) in [7, 11) is 3.38. The first-order chi connectivity index (χ1) is 17.9. The lowest BCUT2D eigenvalue weighted by Gasteiger charge is -2.32. The zero-order chi connectivity index (χ0) is 26.0. The van der Waals surface area contributed by atoms with Crippen LogP contribution in [0.5, 0.6) is 0 Å². The monoisotopic (exact) mass is 532 g/mol. The number of hydrogen-bond donors (Lipinski definition) is 0. The second-order valence-corrected chi connectivity index (χ2v) is 11.6. The number of pyridine rings is 1. The van der Waals surface area contributed by atoms with Gasteiger partial charge in [0.15, 0.2) is 5.76 Å². The van der Waals surface area contributed by atoms with Gasteiger partial charge in [-0.25, -0.2) is 15.0 Å². The molecule has 0 N–H and O–H groups in total. The van der Waals surface area contributed by atoms with Crippen LogP contribution in [0.4, 0.5) is 0 Å². The van der Waals surface area contributed by atoms with Gasteiger partial charge in [-0.2, -0.15) is 0 Å². The van der Waals surface area contributed by atoms with E-state index in [9.17, 15) is 4.79 Å². The van der Waals surface area contributed by atoms with E-state index in [1.807, 2.05) is 18.2 Å². The van der Waals surface area contributed by atoms with Crippen molar-refractivity contribution < 1.29 is 13.9 Å². The molecule has 6 rings (SSSR count). The quantitative estimate of drug-likeness (QED) is 0.148. The second kappa shape index (κ2) is 10.6. The Labute approximate surface area is 223 Å². The number of carbonyl (C=O) groups is 1. The Hall–Kier alpha value is -3.27. The van der Waals surface area contributed by atoms with Gasteiger partial charge in [0.25, 0.3) is 0 Å². The van der Waals surface area contributed by atoms with Crippen LogP contribution in [0.1, 0.15) is 30.5 Å². The predicted molar refractivity (Wildman–Crippen MR) is 149 cm³/mol. The van der Waals surface area contributed by atoms with E-state index in [0.717, 1.165) is 61.1 Å². The molecule has 0 saturated carbocycles. The van der Waals surface area contributed by atoms with Crippen LogP contribution in [0.3, 0.4) is 0 Å². The SMILES string of the molecule is CC1(C)Cc2c(c(-c3ccco3)nc3sc4c(SCc5ccccc5)ncnc4c23)CO1.CN(C)C=O. The van der Waals surface area contributed by atoms with Crippen molar-refractivity contribution >= 4 is 49.9 Å². The van der Waals surface area contributed by atoms with Crippen molar-refractivity contribution in [3.05, 3.63) is 71.7 Å². The van der Waals surface area contributed by atoms with E-state index in [0.29, 0.717) is 6.61 Å². The number of furan rings is 1. The molecule has 0 fully saturated rings. The first kappa shape index (κ1) is 25.4. The molecule has 1 aliphatic rings. The lowest BCUT2D eigenvalue weighted by atomic mass is 9.89. The molecule has 5 heterocycles. The zero-order valence-corrected chi connectivity index (χ0v) is 22.9. The van der Waals surface area contributed by atoms with E-state index in [2.05, 4.69) is 43.1 Å². The molecule has 0 unspecified atom stereocenters. The van der Waals surface area contributed by atoms with Crippen LogP contribution in [0.25, 0.3) is 31.9 Å². The van der Waals surface area contributed by atoms with Gasteiger partial charge in [-0.1, -0.05) is 30.3 Å². The molecule has 0 atom stereocenters. The van der Waals surface area contributed by atoms with Crippen molar-refractivity contribution in [2.24, 2.45) is 0 Å². The summed E-state index contributed by atoms with van der Waals surface area (Å²) in [5, 5.41) is 2.14. The number of fused-ring (bicyclic) bond motifs is 5. The minimum absolute atomic E-state index is 0.242. The molecule has 1 aliphatic heterocycles. The minimum atomic E-state index is -0.242. The van der Waals surface area contributed by atoms with E-state index >= 15 is 0 Å². The van der Waals surface area contributed by atoms with Gasteiger partial charge in [0, 0.05) is 37.2 Å². The van der Waals surface area contributed by atoms with Gasteiger partial charge in [-0.15, -0.1) is 23.1 Å². The van der Waals surface area contributed by atoms with E-state index in [1.165, 1.54) is 16.0 Å². The topological polar surface area (TPSA) is 81.3 Å². The number of thioether (sulfide) groups is 1. The van der Waals surface area contributed by atoms with E-state index in [-0.39, 0.29) is 5.60 Å². The number of benzene rings is 1. The Bertz CT molecular complexity index is 1530. The van der Waals surface area contributed by atoms with Gasteiger partial charge >= 0.3 is 0 Å². The minimum Gasteiger partial charge on any atom is -0.463 e. The molecule has 4 aromatic heterocycles. The summed E-state index contributed by atoms with van der Waals surface area (Å²) in [5.41, 5.74) is 5.26. The van der Waals surface area contributed by atoms with Crippen LogP contribution in [0.2, 0.25) is 0 Å². The number of rotatable bonds is 5. The summed E-state index contributed by atoms with van der Waals surface area (Å²) in [6.45, 7) is 4.79. The number of thiophene rings is 1. The van der Waals surface area contributed by atoms with Crippen molar-refractivity contribution in [2.75, 3.05) is 14.1 Å². The Balaban J connectivity index is 0.000000514. The molecule has 9 heteroatoms. The van der Waals surface area contributed by atoms with Crippen molar-refractivity contribution in [3.63, 3.8) is 0 Å². The van der Waals surface area contributed by atoms with Gasteiger partial charge < -0.3 is 14.1 Å². The fourth-order valence-corrected chi connectivity index (χ4v) is 6.42. The van der Waals surface area contributed by atoms with Gasteiger partial charge in [-0.3, -0.25) is 4.79 Å². The third-order valence-electron chi connectivity index (χ3n) is 5.98. The van der Waals surface area contributed by atoms with Crippen molar-refractivity contribution in [1.29, 1.82) is 0 Å². The number of ether oxygens (including phenoxy) is 1. The van der Waals surface area contributed by atoms with Gasteiger partial charge in [0.2, 0.25) is 6.41 Å². The Morgan fingerprint density at radius 3 is 2.59 bits per heavy atom. The summed E-state index contributed by atoms with van der Waals surface area (Å²) in [5.74, 6) is 1.64. The van der Waals surface area contributed by atoms with Crippen molar-refractivity contribution in [1.82, 2.24) is 19.9 Å². The second-order valence-electron chi connectivity index (χ2n) is 9.60. The van der Waals surface area contributed by atoms with E-state index < -0.39 is 0 Å². The van der Waals surface area contributed by atoms with Crippen LogP contribution in [-0.4, -0.2) is 46.0 Å². The normalized spacial score (nSPS) is 14.2. The lowest BCUT2D eigenvalue weighted by Crippen LogP contribution is -2.32. The summed E-state index contributed by atoms with van der Waals surface area (Å²) in [6, 6.07) is 14.3. The molecule has 5 aromatic rings. The molecule has 190 valence electrons. The number of amides is 1. The molecule has 0 saturated heterocycles. The Kier molecular flexibility index (Phi) is 7.28. The van der Waals surface area contributed by atoms with Gasteiger partial charge in [0.05, 0.1) is 28.7 Å². The Morgan fingerprint density at radius 2 is 1.89 bits per heavy atom. The highest BCUT2D eigenvalue weighted by Gasteiger charge is 2.32. The summed E-state index contributed by atoms with van der Waals surface area (Å²) in [4.78, 5) is 26.2. The summed E-state index contributed by atoms with van der Waals surface area (Å²) >= 11 is 3.41. The van der Waals surface area contributed by atoms with Crippen LogP contribution in [0, 0.1) is 0 Å². The molecular weight excluding hydrogens is 504 g/mol.